The predicted octanol–water partition coefficient (Wildman–Crippen LogP) is 7.94. The van der Waals surface area contributed by atoms with E-state index in [0.717, 1.165) is 11.3 Å². The summed E-state index contributed by atoms with van der Waals surface area (Å²) in [6, 6.07) is 26.5. The maximum atomic E-state index is 5.13. The summed E-state index contributed by atoms with van der Waals surface area (Å²) in [7, 11) is 2.14. The Morgan fingerprint density at radius 2 is 1.33 bits per heavy atom. The number of benzene rings is 4. The van der Waals surface area contributed by atoms with Gasteiger partial charge in [0.15, 0.2) is 0 Å². The van der Waals surface area contributed by atoms with Crippen LogP contribution in [0.3, 0.4) is 0 Å². The van der Waals surface area contributed by atoms with Crippen molar-refractivity contribution in [3.63, 3.8) is 0 Å². The van der Waals surface area contributed by atoms with Crippen LogP contribution in [-0.4, -0.2) is 9.55 Å². The number of imidazole rings is 1. The van der Waals surface area contributed by atoms with E-state index in [9.17, 15) is 0 Å². The number of aryl methyl sites for hydroxylation is 2. The third kappa shape index (κ3) is 2.52. The lowest BCUT2D eigenvalue weighted by Crippen LogP contribution is -2.44. The van der Waals surface area contributed by atoms with Crippen LogP contribution in [0.25, 0.3) is 44.3 Å². The van der Waals surface area contributed by atoms with Crippen molar-refractivity contribution >= 4 is 21.8 Å². The van der Waals surface area contributed by atoms with Crippen LogP contribution in [0.4, 0.5) is 0 Å². The van der Waals surface area contributed by atoms with Crippen LogP contribution in [0.2, 0.25) is 0 Å². The molecule has 33 heavy (non-hydrogen) atoms. The van der Waals surface area contributed by atoms with E-state index in [1.54, 1.807) is 0 Å². The molecule has 0 spiro atoms. The van der Waals surface area contributed by atoms with E-state index in [2.05, 4.69) is 119 Å². The van der Waals surface area contributed by atoms with Crippen LogP contribution in [0.5, 0.6) is 0 Å². The van der Waals surface area contributed by atoms with E-state index in [4.69, 9.17) is 4.98 Å². The van der Waals surface area contributed by atoms with Gasteiger partial charge in [-0.05, 0) is 57.6 Å². The zero-order chi connectivity index (χ0) is 23.1. The fourth-order valence-corrected chi connectivity index (χ4v) is 6.03. The lowest BCUT2D eigenvalue weighted by atomic mass is 9.53. The fraction of sp³-hybridized carbons (Fsp3) is 0.258. The van der Waals surface area contributed by atoms with Crippen molar-refractivity contribution in [1.29, 1.82) is 0 Å². The minimum atomic E-state index is -0.0983. The van der Waals surface area contributed by atoms with Crippen LogP contribution in [-0.2, 0) is 17.9 Å². The summed E-state index contributed by atoms with van der Waals surface area (Å²) in [5.74, 6) is 1.05. The molecule has 0 saturated carbocycles. The molecule has 0 radical (unpaired) electrons. The van der Waals surface area contributed by atoms with Crippen LogP contribution in [0.1, 0.15) is 44.4 Å². The second-order valence-corrected chi connectivity index (χ2v) is 10.6. The lowest BCUT2D eigenvalue weighted by molar-refractivity contribution is 0.302. The predicted molar refractivity (Wildman–Crippen MR) is 140 cm³/mol. The highest BCUT2D eigenvalue weighted by Gasteiger charge is 2.48. The Labute approximate surface area is 195 Å². The highest BCUT2D eigenvalue weighted by Crippen LogP contribution is 2.58. The smallest absolute Gasteiger partial charge is 0.141 e. The quantitative estimate of drug-likeness (QED) is 0.264. The molecule has 1 heterocycles. The zero-order valence-corrected chi connectivity index (χ0v) is 20.3. The van der Waals surface area contributed by atoms with E-state index >= 15 is 0 Å². The average Bonchev–Trinajstić information content (AvgIpc) is 3.13. The van der Waals surface area contributed by atoms with Gasteiger partial charge in [0, 0.05) is 23.4 Å². The van der Waals surface area contributed by atoms with Crippen LogP contribution in [0, 0.1) is 6.92 Å². The van der Waals surface area contributed by atoms with E-state index in [1.807, 2.05) is 0 Å². The largest absolute Gasteiger partial charge is 0.327 e. The molecule has 0 aliphatic heterocycles. The second kappa shape index (κ2) is 6.57. The molecule has 0 N–H and O–H groups in total. The van der Waals surface area contributed by atoms with Gasteiger partial charge in [-0.3, -0.25) is 0 Å². The summed E-state index contributed by atoms with van der Waals surface area (Å²) in [5, 5.41) is 2.68. The van der Waals surface area contributed by atoms with E-state index in [1.165, 1.54) is 49.7 Å². The van der Waals surface area contributed by atoms with Gasteiger partial charge in [-0.1, -0.05) is 88.4 Å². The third-order valence-electron chi connectivity index (χ3n) is 8.46. The number of para-hydroxylation sites is 2. The molecule has 0 fully saturated rings. The van der Waals surface area contributed by atoms with Crippen LogP contribution < -0.4 is 0 Å². The molecule has 2 heteroatoms. The molecule has 2 nitrogen and oxygen atoms in total. The number of aromatic nitrogens is 2. The average molecular weight is 431 g/mol. The standard InChI is InChI=1S/C31H30N2/c1-19-15-17-23-22-18-16-20-11-7-8-12-21(20)27(22)30(2,3)31(4,5)28(23)26(19)29-32-24-13-9-10-14-25(24)33(29)6/h7-18H,1-6H3. The summed E-state index contributed by atoms with van der Waals surface area (Å²) < 4.78 is 2.26. The summed E-state index contributed by atoms with van der Waals surface area (Å²) >= 11 is 0. The maximum Gasteiger partial charge on any atom is 0.141 e. The second-order valence-electron chi connectivity index (χ2n) is 10.6. The molecule has 0 bridgehead atoms. The molecule has 0 amide bonds. The number of nitrogens with zero attached hydrogens (tertiary/aromatic N) is 2. The maximum absolute atomic E-state index is 5.13. The Balaban J connectivity index is 1.77. The first-order valence-corrected chi connectivity index (χ1v) is 11.8. The number of rotatable bonds is 1. The number of fused-ring (bicyclic) bond motifs is 6. The van der Waals surface area contributed by atoms with E-state index in [0.29, 0.717) is 0 Å². The van der Waals surface area contributed by atoms with Gasteiger partial charge < -0.3 is 4.57 Å². The van der Waals surface area contributed by atoms with Gasteiger partial charge in [0.1, 0.15) is 5.82 Å². The van der Waals surface area contributed by atoms with Crippen molar-refractivity contribution in [3.05, 3.63) is 89.5 Å². The van der Waals surface area contributed by atoms with Crippen molar-refractivity contribution in [2.75, 3.05) is 0 Å². The lowest BCUT2D eigenvalue weighted by Gasteiger charge is -2.49. The van der Waals surface area contributed by atoms with Crippen molar-refractivity contribution < 1.29 is 0 Å². The molecular formula is C31H30N2. The molecule has 0 saturated heterocycles. The molecule has 1 aromatic heterocycles. The number of hydrogen-bond acceptors (Lipinski definition) is 1. The van der Waals surface area contributed by atoms with Crippen LogP contribution in [0.15, 0.2) is 72.8 Å². The first-order valence-electron chi connectivity index (χ1n) is 11.8. The molecular weight excluding hydrogens is 400 g/mol. The topological polar surface area (TPSA) is 17.8 Å². The zero-order valence-electron chi connectivity index (χ0n) is 20.3. The molecule has 164 valence electrons. The summed E-state index contributed by atoms with van der Waals surface area (Å²) in [6.45, 7) is 11.9. The van der Waals surface area contributed by atoms with Gasteiger partial charge >= 0.3 is 0 Å². The van der Waals surface area contributed by atoms with Gasteiger partial charge in [-0.2, -0.15) is 0 Å². The molecule has 4 aromatic carbocycles. The summed E-state index contributed by atoms with van der Waals surface area (Å²) in [6.07, 6.45) is 0. The van der Waals surface area contributed by atoms with Crippen molar-refractivity contribution in [1.82, 2.24) is 9.55 Å². The van der Waals surface area contributed by atoms with Gasteiger partial charge in [0.25, 0.3) is 0 Å². The molecule has 0 atom stereocenters. The Hall–Kier alpha value is -3.39. The van der Waals surface area contributed by atoms with Crippen molar-refractivity contribution in [3.8, 4) is 22.5 Å². The minimum absolute atomic E-state index is 0.0661. The van der Waals surface area contributed by atoms with E-state index < -0.39 is 0 Å². The van der Waals surface area contributed by atoms with Gasteiger partial charge in [0.05, 0.1) is 11.0 Å². The minimum Gasteiger partial charge on any atom is -0.327 e. The normalized spacial score (nSPS) is 16.1. The third-order valence-corrected chi connectivity index (χ3v) is 8.46. The SMILES string of the molecule is Cc1ccc2c(c1-c1nc3ccccc3n1C)C(C)(C)C(C)(C)c1c-2ccc2ccccc12. The van der Waals surface area contributed by atoms with Gasteiger partial charge in [-0.15, -0.1) is 0 Å². The van der Waals surface area contributed by atoms with E-state index in [-0.39, 0.29) is 10.8 Å². The number of hydrogen-bond donors (Lipinski definition) is 0. The van der Waals surface area contributed by atoms with Gasteiger partial charge in [-0.25, -0.2) is 4.98 Å². The highest BCUT2D eigenvalue weighted by molar-refractivity contribution is 5.97. The van der Waals surface area contributed by atoms with Crippen LogP contribution >= 0.6 is 0 Å². The first kappa shape index (κ1) is 20.2. The molecule has 1 aliphatic carbocycles. The Bertz CT molecular complexity index is 1580. The molecule has 5 aromatic rings. The first-order chi connectivity index (χ1) is 15.7. The highest BCUT2D eigenvalue weighted by atomic mass is 15.1. The van der Waals surface area contributed by atoms with Gasteiger partial charge in [0.2, 0.25) is 0 Å². The Morgan fingerprint density at radius 1 is 0.697 bits per heavy atom. The molecule has 0 unspecified atom stereocenters. The van der Waals surface area contributed by atoms with Crippen molar-refractivity contribution in [2.45, 2.75) is 45.4 Å². The molecule has 6 rings (SSSR count). The Morgan fingerprint density at radius 3 is 2.12 bits per heavy atom. The monoisotopic (exact) mass is 430 g/mol. The Kier molecular flexibility index (Phi) is 4.03. The fourth-order valence-electron chi connectivity index (χ4n) is 6.03. The summed E-state index contributed by atoms with van der Waals surface area (Å²) in [5.41, 5.74) is 10.2. The molecule has 1 aliphatic rings. The van der Waals surface area contributed by atoms with Crippen molar-refractivity contribution in [2.24, 2.45) is 7.05 Å². The summed E-state index contributed by atoms with van der Waals surface area (Å²) in [4.78, 5) is 5.13.